The molecule has 0 bridgehead atoms. The molecule has 1 heterocycles. The Hall–Kier alpha value is -3.11. The number of carbonyl (C=O) groups excluding carboxylic acids is 1. The average molecular weight is 345 g/mol. The Morgan fingerprint density at radius 1 is 0.880 bits per heavy atom. The van der Waals surface area contributed by atoms with Crippen molar-refractivity contribution in [2.75, 3.05) is 5.32 Å². The topological polar surface area (TPSA) is 49.3 Å². The number of para-hydroxylation sites is 1. The number of hydrogen-bond donors (Lipinski definition) is 2. The van der Waals surface area contributed by atoms with Gasteiger partial charge in [0, 0.05) is 16.0 Å². The summed E-state index contributed by atoms with van der Waals surface area (Å²) in [5, 5.41) is 13.6. The molecule has 2 N–H and O–H groups in total. The second-order valence-electron chi connectivity index (χ2n) is 5.70. The maximum atomic E-state index is 12.7. The lowest BCUT2D eigenvalue weighted by molar-refractivity contribution is 0.103. The molecule has 0 unspecified atom stereocenters. The third-order valence-corrected chi connectivity index (χ3v) is 5.12. The number of anilines is 1. The van der Waals surface area contributed by atoms with Crippen molar-refractivity contribution in [2.45, 2.75) is 0 Å². The van der Waals surface area contributed by atoms with Gasteiger partial charge in [-0.15, -0.1) is 11.3 Å². The van der Waals surface area contributed by atoms with Crippen molar-refractivity contribution in [1.29, 1.82) is 0 Å². The van der Waals surface area contributed by atoms with Gasteiger partial charge in [0.25, 0.3) is 5.91 Å². The van der Waals surface area contributed by atoms with Gasteiger partial charge in [-0.3, -0.25) is 4.79 Å². The Morgan fingerprint density at radius 2 is 1.60 bits per heavy atom. The van der Waals surface area contributed by atoms with Gasteiger partial charge in [0.1, 0.15) is 5.75 Å². The van der Waals surface area contributed by atoms with Crippen molar-refractivity contribution in [3.05, 3.63) is 83.7 Å². The molecule has 0 saturated heterocycles. The third-order valence-electron chi connectivity index (χ3n) is 4.00. The Morgan fingerprint density at radius 3 is 2.40 bits per heavy atom. The molecule has 0 saturated carbocycles. The quantitative estimate of drug-likeness (QED) is 0.513. The first-order valence-electron chi connectivity index (χ1n) is 7.89. The van der Waals surface area contributed by atoms with Crippen LogP contribution < -0.4 is 5.32 Å². The Labute approximate surface area is 149 Å². The van der Waals surface area contributed by atoms with E-state index in [0.29, 0.717) is 4.88 Å². The first-order valence-corrected chi connectivity index (χ1v) is 8.71. The van der Waals surface area contributed by atoms with Crippen molar-refractivity contribution in [1.82, 2.24) is 0 Å². The smallest absolute Gasteiger partial charge is 0.265 e. The second kappa shape index (κ2) is 6.42. The molecule has 0 aliphatic heterocycles. The average Bonchev–Trinajstić information content (AvgIpc) is 3.07. The van der Waals surface area contributed by atoms with Crippen molar-refractivity contribution in [2.24, 2.45) is 0 Å². The number of aromatic hydroxyl groups is 1. The zero-order valence-corrected chi connectivity index (χ0v) is 14.1. The van der Waals surface area contributed by atoms with Gasteiger partial charge in [-0.05, 0) is 41.3 Å². The Kier molecular flexibility index (Phi) is 3.96. The molecular formula is C21H15NO2S. The van der Waals surface area contributed by atoms with Gasteiger partial charge < -0.3 is 10.4 Å². The van der Waals surface area contributed by atoms with Crippen LogP contribution in [0.25, 0.3) is 21.2 Å². The highest BCUT2D eigenvalue weighted by atomic mass is 32.1. The molecule has 122 valence electrons. The fourth-order valence-electron chi connectivity index (χ4n) is 2.76. The molecule has 0 aliphatic carbocycles. The van der Waals surface area contributed by atoms with Gasteiger partial charge in [-0.1, -0.05) is 48.5 Å². The molecule has 4 heteroatoms. The molecule has 1 aromatic heterocycles. The summed E-state index contributed by atoms with van der Waals surface area (Å²) in [4.78, 5) is 13.4. The summed E-state index contributed by atoms with van der Waals surface area (Å²) < 4.78 is 1.10. The number of fused-ring (bicyclic) bond motifs is 1. The van der Waals surface area contributed by atoms with Crippen LogP contribution in [-0.4, -0.2) is 11.0 Å². The fourth-order valence-corrected chi connectivity index (χ4v) is 3.72. The summed E-state index contributed by atoms with van der Waals surface area (Å²) in [6, 6.07) is 24.5. The number of nitrogens with one attached hydrogen (secondary N) is 1. The van der Waals surface area contributed by atoms with Crippen LogP contribution in [0, 0.1) is 0 Å². The van der Waals surface area contributed by atoms with Crippen LogP contribution in [0.15, 0.2) is 78.9 Å². The molecule has 3 aromatic carbocycles. The second-order valence-corrected chi connectivity index (χ2v) is 6.78. The third kappa shape index (κ3) is 3.12. The first-order chi connectivity index (χ1) is 12.2. The highest BCUT2D eigenvalue weighted by Crippen LogP contribution is 2.31. The summed E-state index contributed by atoms with van der Waals surface area (Å²) in [5.74, 6) is 0.1000. The molecule has 25 heavy (non-hydrogen) atoms. The largest absolute Gasteiger partial charge is 0.508 e. The van der Waals surface area contributed by atoms with E-state index in [-0.39, 0.29) is 11.7 Å². The van der Waals surface area contributed by atoms with Crippen LogP contribution in [0.1, 0.15) is 9.67 Å². The van der Waals surface area contributed by atoms with E-state index in [0.717, 1.165) is 26.9 Å². The van der Waals surface area contributed by atoms with Gasteiger partial charge in [-0.2, -0.15) is 0 Å². The van der Waals surface area contributed by atoms with Gasteiger partial charge in [-0.25, -0.2) is 0 Å². The van der Waals surface area contributed by atoms with E-state index in [1.165, 1.54) is 11.3 Å². The fraction of sp³-hybridized carbons (Fsp3) is 0. The van der Waals surface area contributed by atoms with Gasteiger partial charge in [0.15, 0.2) is 0 Å². The minimum absolute atomic E-state index is 0.118. The Bertz CT molecular complexity index is 1020. The minimum atomic E-state index is -0.118. The molecule has 0 spiro atoms. The highest BCUT2D eigenvalue weighted by molar-refractivity contribution is 7.20. The SMILES string of the molecule is O=C(Nc1ccccc1-c1ccc(O)cc1)c1cc2ccccc2s1. The Balaban J connectivity index is 1.66. The summed E-state index contributed by atoms with van der Waals surface area (Å²) in [5.41, 5.74) is 2.60. The van der Waals surface area contributed by atoms with Crippen LogP contribution in [0.2, 0.25) is 0 Å². The van der Waals surface area contributed by atoms with Crippen molar-refractivity contribution >= 4 is 33.0 Å². The lowest BCUT2D eigenvalue weighted by Gasteiger charge is -2.10. The number of amides is 1. The predicted molar refractivity (Wildman–Crippen MR) is 103 cm³/mol. The summed E-state index contributed by atoms with van der Waals surface area (Å²) in [6.07, 6.45) is 0. The molecular weight excluding hydrogens is 330 g/mol. The van der Waals surface area contributed by atoms with Gasteiger partial charge >= 0.3 is 0 Å². The summed E-state index contributed by atoms with van der Waals surface area (Å²) in [7, 11) is 0. The first kappa shape index (κ1) is 15.4. The molecule has 1 amide bonds. The maximum Gasteiger partial charge on any atom is 0.265 e. The van der Waals surface area contributed by atoms with Gasteiger partial charge in [0.05, 0.1) is 4.88 Å². The van der Waals surface area contributed by atoms with E-state index in [1.54, 1.807) is 12.1 Å². The van der Waals surface area contributed by atoms with Crippen LogP contribution in [-0.2, 0) is 0 Å². The molecule has 0 atom stereocenters. The standard InChI is InChI=1S/C21H15NO2S/c23-16-11-9-14(10-12-16)17-6-2-3-7-18(17)22-21(24)20-13-15-5-1-4-8-19(15)25-20/h1-13,23H,(H,22,24). The number of phenols is 1. The molecule has 0 aliphatic rings. The zero-order valence-electron chi connectivity index (χ0n) is 13.3. The summed E-state index contributed by atoms with van der Waals surface area (Å²) in [6.45, 7) is 0. The zero-order chi connectivity index (χ0) is 17.2. The number of benzene rings is 3. The molecule has 0 fully saturated rings. The van der Waals surface area contributed by atoms with Crippen LogP contribution in [0.5, 0.6) is 5.75 Å². The molecule has 0 radical (unpaired) electrons. The molecule has 4 rings (SSSR count). The van der Waals surface area contributed by atoms with Crippen molar-refractivity contribution in [3.8, 4) is 16.9 Å². The van der Waals surface area contributed by atoms with E-state index in [4.69, 9.17) is 0 Å². The molecule has 4 aromatic rings. The number of thiophene rings is 1. The summed E-state index contributed by atoms with van der Waals surface area (Å²) >= 11 is 1.48. The van der Waals surface area contributed by atoms with E-state index in [1.807, 2.05) is 66.7 Å². The van der Waals surface area contributed by atoms with E-state index in [2.05, 4.69) is 5.32 Å². The predicted octanol–water partition coefficient (Wildman–Crippen LogP) is 5.53. The number of rotatable bonds is 3. The van der Waals surface area contributed by atoms with Crippen LogP contribution in [0.4, 0.5) is 5.69 Å². The number of phenolic OH excluding ortho intramolecular Hbond substituents is 1. The van der Waals surface area contributed by atoms with Crippen LogP contribution >= 0.6 is 11.3 Å². The van der Waals surface area contributed by atoms with Crippen LogP contribution in [0.3, 0.4) is 0 Å². The van der Waals surface area contributed by atoms with Crippen molar-refractivity contribution in [3.63, 3.8) is 0 Å². The van der Waals surface area contributed by atoms with Crippen molar-refractivity contribution < 1.29 is 9.90 Å². The van der Waals surface area contributed by atoms with E-state index >= 15 is 0 Å². The highest BCUT2D eigenvalue weighted by Gasteiger charge is 2.13. The monoisotopic (exact) mass is 345 g/mol. The van der Waals surface area contributed by atoms with E-state index in [9.17, 15) is 9.90 Å². The lowest BCUT2D eigenvalue weighted by atomic mass is 10.0. The minimum Gasteiger partial charge on any atom is -0.508 e. The van der Waals surface area contributed by atoms with E-state index < -0.39 is 0 Å². The number of hydrogen-bond acceptors (Lipinski definition) is 3. The lowest BCUT2D eigenvalue weighted by Crippen LogP contribution is -2.10. The number of carbonyl (C=O) groups is 1. The maximum absolute atomic E-state index is 12.7. The van der Waals surface area contributed by atoms with Gasteiger partial charge in [0.2, 0.25) is 0 Å². The molecule has 3 nitrogen and oxygen atoms in total. The normalized spacial score (nSPS) is 10.7.